The van der Waals surface area contributed by atoms with Gasteiger partial charge in [-0.25, -0.2) is 0 Å². The molecule has 0 heterocycles. The molecule has 0 aliphatic heterocycles. The molecule has 30 heavy (non-hydrogen) atoms. The molecular weight excluding hydrogens is 425 g/mol. The van der Waals surface area contributed by atoms with Gasteiger partial charge < -0.3 is 17.1 Å². The van der Waals surface area contributed by atoms with Gasteiger partial charge in [0.05, 0.1) is 0 Å². The molecule has 0 fully saturated rings. The third-order valence-electron chi connectivity index (χ3n) is 5.11. The Morgan fingerprint density at radius 3 is 1.13 bits per heavy atom. The Hall–Kier alpha value is -1.85. The summed E-state index contributed by atoms with van der Waals surface area (Å²) in [5, 5.41) is 3.55. The normalized spacial score (nSPS) is 12.7. The molecule has 0 N–H and O–H groups in total. The molecule has 0 aromatic heterocycles. The summed E-state index contributed by atoms with van der Waals surface area (Å²) in [6.07, 6.45) is 0. The van der Waals surface area contributed by atoms with Gasteiger partial charge in [-0.2, -0.15) is 0 Å². The minimum Gasteiger partial charge on any atom is -0.426 e. The summed E-state index contributed by atoms with van der Waals surface area (Å²) in [5.41, 5.74) is 0. The average molecular weight is 455 g/mol. The van der Waals surface area contributed by atoms with E-state index < -0.39 is 25.7 Å². The Kier molecular flexibility index (Phi) is 7.25. The minimum atomic E-state index is -2.84. The maximum atomic E-state index is 7.21. The molecule has 0 bridgehead atoms. The van der Waals surface area contributed by atoms with Crippen molar-refractivity contribution in [2.24, 2.45) is 0 Å². The molecule has 3 aromatic carbocycles. The first-order valence-electron chi connectivity index (χ1n) is 10.0. The lowest BCUT2D eigenvalue weighted by Gasteiger charge is -2.41. The molecule has 0 unspecified atom stereocenters. The minimum absolute atomic E-state index is 1.18. The summed E-state index contributed by atoms with van der Waals surface area (Å²) in [6.45, 7) is 6.06. The highest BCUT2D eigenvalue weighted by atomic mass is 28.5. The zero-order chi connectivity index (χ0) is 21.7. The van der Waals surface area contributed by atoms with Crippen LogP contribution in [0, 0.1) is 0 Å². The predicted octanol–water partition coefficient (Wildman–Crippen LogP) is 3.25. The van der Waals surface area contributed by atoms with E-state index in [0.29, 0.717) is 0 Å². The molecule has 0 aliphatic carbocycles. The van der Waals surface area contributed by atoms with Gasteiger partial charge in [0.1, 0.15) is 0 Å². The Morgan fingerprint density at radius 2 is 0.833 bits per heavy atom. The Bertz CT molecular complexity index is 820. The summed E-state index contributed by atoms with van der Waals surface area (Å²) >= 11 is 0. The van der Waals surface area contributed by atoms with Crippen LogP contribution in [0.4, 0.5) is 0 Å². The van der Waals surface area contributed by atoms with E-state index in [2.05, 4.69) is 85.9 Å². The van der Waals surface area contributed by atoms with Gasteiger partial charge in [-0.15, -0.1) is 0 Å². The Morgan fingerprint density at radius 1 is 0.500 bits per heavy atom. The quantitative estimate of drug-likeness (QED) is 0.367. The highest BCUT2D eigenvalue weighted by molar-refractivity contribution is 7.10. The van der Waals surface area contributed by atoms with Crippen LogP contribution in [0.25, 0.3) is 0 Å². The Balaban J connectivity index is 2.21. The van der Waals surface area contributed by atoms with E-state index in [1.54, 1.807) is 14.2 Å². The lowest BCUT2D eigenvalue weighted by molar-refractivity contribution is 0.154. The van der Waals surface area contributed by atoms with Crippen LogP contribution < -0.4 is 15.6 Å². The summed E-state index contributed by atoms with van der Waals surface area (Å²) < 4.78 is 24.9. The third kappa shape index (κ3) is 4.89. The highest BCUT2D eigenvalue weighted by Crippen LogP contribution is 2.22. The largest absolute Gasteiger partial charge is 0.488 e. The van der Waals surface area contributed by atoms with Crippen LogP contribution in [0.5, 0.6) is 0 Å². The molecule has 158 valence electrons. The molecule has 4 nitrogen and oxygen atoms in total. The van der Waals surface area contributed by atoms with Crippen molar-refractivity contribution < 1.29 is 17.1 Å². The van der Waals surface area contributed by atoms with Crippen molar-refractivity contribution >= 4 is 41.2 Å². The van der Waals surface area contributed by atoms with E-state index in [0.717, 1.165) is 0 Å². The first-order chi connectivity index (χ1) is 14.4. The van der Waals surface area contributed by atoms with Gasteiger partial charge in [0.15, 0.2) is 0 Å². The van der Waals surface area contributed by atoms with Crippen molar-refractivity contribution in [3.8, 4) is 0 Å². The summed E-state index contributed by atoms with van der Waals surface area (Å²) in [7, 11) is -5.03. The van der Waals surface area contributed by atoms with Crippen LogP contribution in [0.2, 0.25) is 19.6 Å². The van der Waals surface area contributed by atoms with Crippen molar-refractivity contribution in [1.29, 1.82) is 0 Å². The van der Waals surface area contributed by atoms with Gasteiger partial charge in [-0.1, -0.05) is 91.0 Å². The highest BCUT2D eigenvalue weighted by Gasteiger charge is 2.50. The van der Waals surface area contributed by atoms with Crippen LogP contribution in [0.15, 0.2) is 91.0 Å². The van der Waals surface area contributed by atoms with Crippen LogP contribution in [-0.4, -0.2) is 39.9 Å². The number of benzene rings is 3. The van der Waals surface area contributed by atoms with E-state index in [9.17, 15) is 0 Å². The molecule has 0 radical (unpaired) electrons. The molecule has 0 amide bonds. The zero-order valence-corrected chi connectivity index (χ0v) is 21.3. The predicted molar refractivity (Wildman–Crippen MR) is 129 cm³/mol. The third-order valence-corrected chi connectivity index (χ3v) is 16.7. The first-order valence-corrected chi connectivity index (χ1v) is 17.0. The Labute approximate surface area is 183 Å². The van der Waals surface area contributed by atoms with Crippen LogP contribution in [0.1, 0.15) is 0 Å². The monoisotopic (exact) mass is 454 g/mol. The molecule has 0 saturated carbocycles. The van der Waals surface area contributed by atoms with E-state index >= 15 is 0 Å². The molecule has 3 aromatic rings. The van der Waals surface area contributed by atoms with Crippen LogP contribution >= 0.6 is 0 Å². The van der Waals surface area contributed by atoms with Gasteiger partial charge >= 0.3 is 17.4 Å². The SMILES string of the molecule is CO[Si](C)(OC)O[Si](C)(C)O[Si](c1ccccc1)(c1ccccc1)c1ccccc1. The van der Waals surface area contributed by atoms with Crippen LogP contribution in [-0.2, 0) is 17.1 Å². The first kappa shape index (κ1) is 22.8. The smallest absolute Gasteiger partial charge is 0.426 e. The van der Waals surface area contributed by atoms with Crippen LogP contribution in [0.3, 0.4) is 0 Å². The summed E-state index contributed by atoms with van der Waals surface area (Å²) in [6, 6.07) is 31.6. The molecule has 7 heteroatoms. The zero-order valence-electron chi connectivity index (χ0n) is 18.3. The summed E-state index contributed by atoms with van der Waals surface area (Å²) in [5.74, 6) is 0. The van der Waals surface area contributed by atoms with Gasteiger partial charge in [0.25, 0.3) is 8.32 Å². The number of hydrogen-bond acceptors (Lipinski definition) is 4. The lowest BCUT2D eigenvalue weighted by Crippen LogP contribution is -2.73. The second-order valence-corrected chi connectivity index (χ2v) is 17.7. The molecule has 0 saturated heterocycles. The molecule has 0 spiro atoms. The molecule has 0 atom stereocenters. The van der Waals surface area contributed by atoms with Crippen molar-refractivity contribution in [3.63, 3.8) is 0 Å². The molecule has 3 rings (SSSR count). The maximum Gasteiger partial charge on any atom is 0.488 e. The fraction of sp³-hybridized carbons (Fsp3) is 0.217. The second-order valence-electron chi connectivity index (χ2n) is 7.65. The molecule has 0 aliphatic rings. The van der Waals surface area contributed by atoms with E-state index in [4.69, 9.17) is 17.1 Å². The maximum absolute atomic E-state index is 7.21. The van der Waals surface area contributed by atoms with Gasteiger partial charge in [-0.3, -0.25) is 0 Å². The van der Waals surface area contributed by atoms with Crippen molar-refractivity contribution in [1.82, 2.24) is 0 Å². The van der Waals surface area contributed by atoms with Gasteiger partial charge in [0, 0.05) is 20.8 Å². The fourth-order valence-electron chi connectivity index (χ4n) is 3.70. The summed E-state index contributed by atoms with van der Waals surface area (Å²) in [4.78, 5) is 0. The fourth-order valence-corrected chi connectivity index (χ4v) is 16.0. The van der Waals surface area contributed by atoms with Gasteiger partial charge in [0.2, 0.25) is 0 Å². The number of hydrogen-bond donors (Lipinski definition) is 0. The second kappa shape index (κ2) is 9.53. The van der Waals surface area contributed by atoms with Gasteiger partial charge in [-0.05, 0) is 28.7 Å². The van der Waals surface area contributed by atoms with E-state index in [1.807, 2.05) is 24.7 Å². The van der Waals surface area contributed by atoms with Crippen molar-refractivity contribution in [2.45, 2.75) is 19.6 Å². The topological polar surface area (TPSA) is 36.9 Å². The van der Waals surface area contributed by atoms with E-state index in [-0.39, 0.29) is 0 Å². The van der Waals surface area contributed by atoms with E-state index in [1.165, 1.54) is 15.6 Å². The van der Waals surface area contributed by atoms with Crippen molar-refractivity contribution in [3.05, 3.63) is 91.0 Å². The van der Waals surface area contributed by atoms with Crippen molar-refractivity contribution in [2.75, 3.05) is 14.2 Å². The average Bonchev–Trinajstić information content (AvgIpc) is 2.79. The standard InChI is InChI=1S/C23H30O4Si3/c1-24-29(5,25-2)26-28(3,4)27-30(21-15-9-6-10-16-21,22-17-11-7-12-18-22)23-19-13-8-14-20-23/h6-20H,1-5H3. The lowest BCUT2D eigenvalue weighted by atomic mass is 10.3. The number of rotatable bonds is 9. The molecular formula is C23H30O4Si3.